The van der Waals surface area contributed by atoms with Gasteiger partial charge in [0.2, 0.25) is 0 Å². The Balaban J connectivity index is 1.98. The molecular formula is C15H23BrN2O. The number of hydrogen-bond acceptors (Lipinski definition) is 3. The highest BCUT2D eigenvalue weighted by molar-refractivity contribution is 9.10. The van der Waals surface area contributed by atoms with Gasteiger partial charge < -0.3 is 15.3 Å². The SMILES string of the molecule is CCCNCc1ccc(N2CCC(CO)C2)cc1Br. The first kappa shape index (κ1) is 14.8. The Kier molecular flexibility index (Phi) is 5.67. The van der Waals surface area contributed by atoms with Crippen LogP contribution in [0.2, 0.25) is 0 Å². The molecular weight excluding hydrogens is 304 g/mol. The molecule has 2 N–H and O–H groups in total. The first-order valence-electron chi connectivity index (χ1n) is 7.09. The third-order valence-corrected chi connectivity index (χ3v) is 4.43. The maximum absolute atomic E-state index is 9.21. The number of benzene rings is 1. The van der Waals surface area contributed by atoms with E-state index in [1.54, 1.807) is 0 Å². The summed E-state index contributed by atoms with van der Waals surface area (Å²) in [5.74, 6) is 0.435. The van der Waals surface area contributed by atoms with E-state index in [0.29, 0.717) is 12.5 Å². The summed E-state index contributed by atoms with van der Waals surface area (Å²) in [5.41, 5.74) is 2.55. The molecule has 1 saturated heterocycles. The van der Waals surface area contributed by atoms with Gasteiger partial charge in [-0.2, -0.15) is 0 Å². The van der Waals surface area contributed by atoms with Crippen LogP contribution in [0, 0.1) is 5.92 Å². The lowest BCUT2D eigenvalue weighted by molar-refractivity contribution is 0.238. The summed E-state index contributed by atoms with van der Waals surface area (Å²) in [6.45, 7) is 6.46. The quantitative estimate of drug-likeness (QED) is 0.789. The van der Waals surface area contributed by atoms with Crippen LogP contribution in [0.25, 0.3) is 0 Å². The Hall–Kier alpha value is -0.580. The first-order valence-corrected chi connectivity index (χ1v) is 7.88. The van der Waals surface area contributed by atoms with Crippen LogP contribution < -0.4 is 10.2 Å². The van der Waals surface area contributed by atoms with Crippen molar-refractivity contribution in [2.75, 3.05) is 31.1 Å². The average molecular weight is 327 g/mol. The van der Waals surface area contributed by atoms with Crippen molar-refractivity contribution in [1.29, 1.82) is 0 Å². The van der Waals surface area contributed by atoms with Gasteiger partial charge in [-0.3, -0.25) is 0 Å². The van der Waals surface area contributed by atoms with E-state index in [-0.39, 0.29) is 0 Å². The molecule has 1 aliphatic rings. The highest BCUT2D eigenvalue weighted by atomic mass is 79.9. The molecule has 4 heteroatoms. The van der Waals surface area contributed by atoms with Gasteiger partial charge in [-0.25, -0.2) is 0 Å². The van der Waals surface area contributed by atoms with Crippen LogP contribution in [-0.4, -0.2) is 31.3 Å². The molecule has 0 spiro atoms. The molecule has 1 heterocycles. The third kappa shape index (κ3) is 3.94. The van der Waals surface area contributed by atoms with Crippen molar-refractivity contribution in [3.63, 3.8) is 0 Å². The molecule has 0 bridgehead atoms. The van der Waals surface area contributed by atoms with Gasteiger partial charge in [-0.15, -0.1) is 0 Å². The molecule has 1 aromatic carbocycles. The summed E-state index contributed by atoms with van der Waals surface area (Å²) in [6.07, 6.45) is 2.25. The first-order chi connectivity index (χ1) is 9.24. The van der Waals surface area contributed by atoms with E-state index >= 15 is 0 Å². The van der Waals surface area contributed by atoms with Crippen molar-refractivity contribution in [3.05, 3.63) is 28.2 Å². The van der Waals surface area contributed by atoms with Crippen molar-refractivity contribution >= 4 is 21.6 Å². The topological polar surface area (TPSA) is 35.5 Å². The summed E-state index contributed by atoms with van der Waals surface area (Å²) in [7, 11) is 0. The predicted octanol–water partition coefficient (Wildman–Crippen LogP) is 2.77. The second-order valence-electron chi connectivity index (χ2n) is 5.24. The highest BCUT2D eigenvalue weighted by Crippen LogP contribution is 2.28. The van der Waals surface area contributed by atoms with Crippen LogP contribution >= 0.6 is 15.9 Å². The maximum atomic E-state index is 9.21. The molecule has 0 aliphatic carbocycles. The third-order valence-electron chi connectivity index (χ3n) is 3.69. The van der Waals surface area contributed by atoms with E-state index in [1.165, 1.54) is 15.7 Å². The van der Waals surface area contributed by atoms with Gasteiger partial charge in [0.1, 0.15) is 0 Å². The zero-order valence-electron chi connectivity index (χ0n) is 11.5. The number of hydrogen-bond donors (Lipinski definition) is 2. The molecule has 1 unspecified atom stereocenters. The van der Waals surface area contributed by atoms with Crippen molar-refractivity contribution in [3.8, 4) is 0 Å². The van der Waals surface area contributed by atoms with E-state index in [1.807, 2.05) is 0 Å². The predicted molar refractivity (Wildman–Crippen MR) is 83.5 cm³/mol. The number of nitrogens with one attached hydrogen (secondary N) is 1. The Morgan fingerprint density at radius 1 is 1.47 bits per heavy atom. The fraction of sp³-hybridized carbons (Fsp3) is 0.600. The van der Waals surface area contributed by atoms with Crippen molar-refractivity contribution < 1.29 is 5.11 Å². The zero-order valence-corrected chi connectivity index (χ0v) is 13.1. The number of halogens is 1. The summed E-state index contributed by atoms with van der Waals surface area (Å²) in [6, 6.07) is 6.57. The van der Waals surface area contributed by atoms with Gasteiger partial charge >= 0.3 is 0 Å². The number of aliphatic hydroxyl groups excluding tert-OH is 1. The summed E-state index contributed by atoms with van der Waals surface area (Å²) < 4.78 is 1.17. The van der Waals surface area contributed by atoms with Gasteiger partial charge in [0.25, 0.3) is 0 Å². The van der Waals surface area contributed by atoms with Crippen LogP contribution in [0.1, 0.15) is 25.3 Å². The zero-order chi connectivity index (χ0) is 13.7. The van der Waals surface area contributed by atoms with E-state index in [2.05, 4.69) is 51.3 Å². The Morgan fingerprint density at radius 3 is 2.95 bits per heavy atom. The summed E-state index contributed by atoms with van der Waals surface area (Å²) in [4.78, 5) is 2.36. The van der Waals surface area contributed by atoms with Crippen LogP contribution in [0.15, 0.2) is 22.7 Å². The molecule has 1 aromatic rings. The molecule has 1 atom stereocenters. The fourth-order valence-electron chi connectivity index (χ4n) is 2.49. The Labute approximate surface area is 124 Å². The van der Waals surface area contributed by atoms with Crippen molar-refractivity contribution in [1.82, 2.24) is 5.32 Å². The van der Waals surface area contributed by atoms with Gasteiger partial charge in [0.05, 0.1) is 0 Å². The maximum Gasteiger partial charge on any atom is 0.0476 e. The molecule has 0 aromatic heterocycles. The molecule has 1 fully saturated rings. The van der Waals surface area contributed by atoms with Crippen LogP contribution in [-0.2, 0) is 6.54 Å². The van der Waals surface area contributed by atoms with E-state index in [4.69, 9.17) is 0 Å². The lowest BCUT2D eigenvalue weighted by atomic mass is 10.1. The fourth-order valence-corrected chi connectivity index (χ4v) is 3.00. The normalized spacial score (nSPS) is 19.1. The lowest BCUT2D eigenvalue weighted by Gasteiger charge is -2.19. The highest BCUT2D eigenvalue weighted by Gasteiger charge is 2.22. The molecule has 0 radical (unpaired) electrons. The lowest BCUT2D eigenvalue weighted by Crippen LogP contribution is -2.21. The Bertz CT molecular complexity index is 411. The summed E-state index contributed by atoms with van der Waals surface area (Å²) >= 11 is 3.66. The molecule has 2 rings (SSSR count). The van der Waals surface area contributed by atoms with E-state index < -0.39 is 0 Å². The van der Waals surface area contributed by atoms with Crippen LogP contribution in [0.4, 0.5) is 5.69 Å². The van der Waals surface area contributed by atoms with Gasteiger partial charge in [-0.05, 0) is 37.1 Å². The Morgan fingerprint density at radius 2 is 2.32 bits per heavy atom. The smallest absolute Gasteiger partial charge is 0.0476 e. The van der Waals surface area contributed by atoms with Crippen molar-refractivity contribution in [2.45, 2.75) is 26.3 Å². The minimum absolute atomic E-state index is 0.302. The minimum Gasteiger partial charge on any atom is -0.396 e. The molecule has 106 valence electrons. The van der Waals surface area contributed by atoms with Crippen molar-refractivity contribution in [2.24, 2.45) is 5.92 Å². The summed E-state index contributed by atoms with van der Waals surface area (Å²) in [5, 5.41) is 12.6. The molecule has 3 nitrogen and oxygen atoms in total. The monoisotopic (exact) mass is 326 g/mol. The number of aliphatic hydroxyl groups is 1. The minimum atomic E-state index is 0.302. The second kappa shape index (κ2) is 7.27. The number of nitrogens with zero attached hydrogens (tertiary/aromatic N) is 1. The van der Waals surface area contributed by atoms with Crippen LogP contribution in [0.3, 0.4) is 0 Å². The van der Waals surface area contributed by atoms with E-state index in [9.17, 15) is 5.11 Å². The second-order valence-corrected chi connectivity index (χ2v) is 6.09. The van der Waals surface area contributed by atoms with E-state index in [0.717, 1.165) is 39.0 Å². The standard InChI is InChI=1S/C15H23BrN2O/c1-2-6-17-9-13-3-4-14(8-15(13)16)18-7-5-12(10-18)11-19/h3-4,8,12,17,19H,2,5-7,9-11H2,1H3. The molecule has 0 saturated carbocycles. The number of rotatable bonds is 6. The van der Waals surface area contributed by atoms with Gasteiger partial charge in [-0.1, -0.05) is 28.9 Å². The average Bonchev–Trinajstić information content (AvgIpc) is 2.89. The van der Waals surface area contributed by atoms with Gasteiger partial charge in [0.15, 0.2) is 0 Å². The largest absolute Gasteiger partial charge is 0.396 e. The van der Waals surface area contributed by atoms with Crippen LogP contribution in [0.5, 0.6) is 0 Å². The molecule has 0 amide bonds. The number of anilines is 1. The molecule has 1 aliphatic heterocycles. The van der Waals surface area contributed by atoms with Gasteiger partial charge in [0, 0.05) is 42.3 Å². The molecule has 19 heavy (non-hydrogen) atoms.